The quantitative estimate of drug-likeness (QED) is 0.472. The van der Waals surface area contributed by atoms with Gasteiger partial charge in [-0.2, -0.15) is 5.10 Å². The maximum absolute atomic E-state index is 11.7. The number of carbonyl (C=O) groups is 2. The van der Waals surface area contributed by atoms with Crippen molar-refractivity contribution in [3.05, 3.63) is 35.9 Å². The number of ether oxygens (including phenoxy) is 1. The molecule has 6 nitrogen and oxygen atoms in total. The molecular weight excluding hydrogens is 236 g/mol. The topological polar surface area (TPSA) is 88.0 Å². The molecule has 0 aromatic heterocycles. The molecule has 18 heavy (non-hydrogen) atoms. The molecule has 0 fully saturated rings. The second-order valence-corrected chi connectivity index (χ2v) is 3.34. The number of nitrogens with one attached hydrogen (secondary N) is 1. The highest BCUT2D eigenvalue weighted by Crippen LogP contribution is 2.15. The Labute approximate surface area is 104 Å². The van der Waals surface area contributed by atoms with Gasteiger partial charge in [-0.1, -0.05) is 30.3 Å². The Morgan fingerprint density at radius 2 is 2.11 bits per heavy atom. The van der Waals surface area contributed by atoms with Crippen LogP contribution < -0.4 is 5.43 Å². The van der Waals surface area contributed by atoms with E-state index in [0.717, 1.165) is 0 Å². The molecule has 1 rings (SSSR count). The van der Waals surface area contributed by atoms with Crippen molar-refractivity contribution in [2.24, 2.45) is 5.10 Å². The summed E-state index contributed by atoms with van der Waals surface area (Å²) in [7, 11) is 0. The molecule has 0 aliphatic rings. The maximum atomic E-state index is 11.7. The van der Waals surface area contributed by atoms with Crippen LogP contribution in [0.1, 0.15) is 18.4 Å². The van der Waals surface area contributed by atoms with E-state index in [4.69, 9.17) is 9.84 Å². The molecule has 0 spiro atoms. The molecule has 0 saturated heterocycles. The highest BCUT2D eigenvalue weighted by atomic mass is 16.5. The van der Waals surface area contributed by atoms with Crippen LogP contribution in [0.3, 0.4) is 0 Å². The summed E-state index contributed by atoms with van der Waals surface area (Å²) in [5, 5.41) is 11.9. The van der Waals surface area contributed by atoms with Crippen LogP contribution >= 0.6 is 0 Å². The molecule has 6 heteroatoms. The zero-order valence-corrected chi connectivity index (χ0v) is 9.87. The maximum Gasteiger partial charge on any atom is 0.425 e. The van der Waals surface area contributed by atoms with Gasteiger partial charge in [0.25, 0.3) is 0 Å². The normalized spacial score (nSPS) is 12.1. The van der Waals surface area contributed by atoms with Gasteiger partial charge in [-0.25, -0.2) is 10.2 Å². The van der Waals surface area contributed by atoms with E-state index in [2.05, 4.69) is 5.10 Å². The van der Waals surface area contributed by atoms with Gasteiger partial charge in [-0.15, -0.1) is 0 Å². The van der Waals surface area contributed by atoms with E-state index >= 15 is 0 Å². The number of benzene rings is 1. The van der Waals surface area contributed by atoms with Crippen LogP contribution in [0.25, 0.3) is 0 Å². The van der Waals surface area contributed by atoms with Gasteiger partial charge in [0.05, 0.1) is 6.61 Å². The molecule has 0 heterocycles. The lowest BCUT2D eigenvalue weighted by Crippen LogP contribution is -2.20. The molecule has 1 aromatic rings. The minimum absolute atomic E-state index is 0.252. The third kappa shape index (κ3) is 4.25. The van der Waals surface area contributed by atoms with E-state index in [1.54, 1.807) is 31.2 Å². The van der Waals surface area contributed by atoms with Gasteiger partial charge in [0.2, 0.25) is 0 Å². The highest BCUT2D eigenvalue weighted by Gasteiger charge is 2.19. The lowest BCUT2D eigenvalue weighted by atomic mass is 10.0. The van der Waals surface area contributed by atoms with Crippen molar-refractivity contribution in [2.45, 2.75) is 12.8 Å². The Hall–Kier alpha value is -2.37. The van der Waals surface area contributed by atoms with Crippen molar-refractivity contribution in [3.8, 4) is 0 Å². The first kappa shape index (κ1) is 13.7. The second-order valence-electron chi connectivity index (χ2n) is 3.34. The molecule has 1 atom stereocenters. The van der Waals surface area contributed by atoms with Crippen molar-refractivity contribution < 1.29 is 19.4 Å². The summed E-state index contributed by atoms with van der Waals surface area (Å²) in [5.41, 5.74) is 2.51. The highest BCUT2D eigenvalue weighted by molar-refractivity contribution is 5.96. The average Bonchev–Trinajstić information content (AvgIpc) is 2.35. The van der Waals surface area contributed by atoms with E-state index in [9.17, 15) is 9.59 Å². The lowest BCUT2D eigenvalue weighted by Gasteiger charge is -2.10. The number of hydrogen-bond donors (Lipinski definition) is 2. The first-order valence-electron chi connectivity index (χ1n) is 5.38. The zero-order chi connectivity index (χ0) is 13.4. The number of rotatable bonds is 5. The smallest absolute Gasteiger partial charge is 0.425 e. The summed E-state index contributed by atoms with van der Waals surface area (Å²) >= 11 is 0. The number of hydrazone groups is 1. The van der Waals surface area contributed by atoms with Crippen molar-refractivity contribution in [3.63, 3.8) is 0 Å². The Morgan fingerprint density at radius 1 is 1.44 bits per heavy atom. The van der Waals surface area contributed by atoms with Crippen molar-refractivity contribution in [2.75, 3.05) is 6.61 Å². The van der Waals surface area contributed by atoms with Crippen LogP contribution in [-0.2, 0) is 9.53 Å². The van der Waals surface area contributed by atoms with E-state index < -0.39 is 18.0 Å². The number of esters is 1. The molecule has 1 aromatic carbocycles. The number of carbonyl (C=O) groups excluding carboxylic acids is 1. The predicted octanol–water partition coefficient (Wildman–Crippen LogP) is 1.59. The summed E-state index contributed by atoms with van der Waals surface area (Å²) in [6.07, 6.45) is -0.0801. The van der Waals surface area contributed by atoms with Gasteiger partial charge >= 0.3 is 12.1 Å². The summed E-state index contributed by atoms with van der Waals surface area (Å²) in [6, 6.07) is 8.86. The van der Waals surface area contributed by atoms with Gasteiger partial charge < -0.3 is 9.84 Å². The van der Waals surface area contributed by atoms with Gasteiger partial charge in [0.15, 0.2) is 0 Å². The van der Waals surface area contributed by atoms with Gasteiger partial charge in [0, 0.05) is 6.21 Å². The number of hydrogen-bond acceptors (Lipinski definition) is 4. The fourth-order valence-corrected chi connectivity index (χ4v) is 1.34. The van der Waals surface area contributed by atoms with Gasteiger partial charge in [-0.05, 0) is 12.5 Å². The summed E-state index contributed by atoms with van der Waals surface area (Å²) in [5.74, 6) is -1.20. The van der Waals surface area contributed by atoms with Gasteiger partial charge in [-0.3, -0.25) is 4.79 Å². The van der Waals surface area contributed by atoms with Gasteiger partial charge in [0.1, 0.15) is 5.92 Å². The molecule has 96 valence electrons. The van der Waals surface area contributed by atoms with Crippen LogP contribution in [0.4, 0.5) is 4.79 Å². The minimum atomic E-state index is -1.29. The molecule has 0 radical (unpaired) electrons. The molecular formula is C12H14N2O4. The second kappa shape index (κ2) is 7.05. The monoisotopic (exact) mass is 250 g/mol. The van der Waals surface area contributed by atoms with E-state index in [1.165, 1.54) is 6.21 Å². The number of carboxylic acid groups (broad SMARTS) is 1. The predicted molar refractivity (Wildman–Crippen MR) is 65.5 cm³/mol. The Balaban J connectivity index is 2.85. The third-order valence-corrected chi connectivity index (χ3v) is 2.08. The van der Waals surface area contributed by atoms with E-state index in [0.29, 0.717) is 5.56 Å². The first-order chi connectivity index (χ1) is 8.65. The summed E-state index contributed by atoms with van der Waals surface area (Å²) < 4.78 is 4.91. The van der Waals surface area contributed by atoms with Crippen molar-refractivity contribution in [1.82, 2.24) is 5.43 Å². The van der Waals surface area contributed by atoms with Crippen molar-refractivity contribution >= 4 is 18.3 Å². The molecule has 2 N–H and O–H groups in total. The summed E-state index contributed by atoms with van der Waals surface area (Å²) in [4.78, 5) is 22.0. The average molecular weight is 250 g/mol. The van der Waals surface area contributed by atoms with E-state index in [1.807, 2.05) is 11.5 Å². The van der Waals surface area contributed by atoms with Crippen LogP contribution in [0, 0.1) is 0 Å². The lowest BCUT2D eigenvalue weighted by molar-refractivity contribution is -0.143. The molecule has 1 amide bonds. The zero-order valence-electron chi connectivity index (χ0n) is 9.87. The Kier molecular flexibility index (Phi) is 5.37. The number of amides is 1. The number of nitrogens with zero attached hydrogens (tertiary/aromatic N) is 1. The van der Waals surface area contributed by atoms with Crippen molar-refractivity contribution in [1.29, 1.82) is 0 Å². The standard InChI is InChI=1S/C12H14N2O4/c1-2-18-11(15)10(8-13-14-12(16)17)9-6-4-3-5-7-9/h3-8,10,14H,2H2,1H3,(H,16,17). The minimum Gasteiger partial charge on any atom is -0.465 e. The fourth-order valence-electron chi connectivity index (χ4n) is 1.34. The molecule has 1 unspecified atom stereocenters. The van der Waals surface area contributed by atoms with Crippen LogP contribution in [-0.4, -0.2) is 30.0 Å². The SMILES string of the molecule is CCOC(=O)C(C=NNC(=O)O)c1ccccc1. The van der Waals surface area contributed by atoms with Crippen LogP contribution in [0.15, 0.2) is 35.4 Å². The fraction of sp³-hybridized carbons (Fsp3) is 0.250. The van der Waals surface area contributed by atoms with Crippen LogP contribution in [0.5, 0.6) is 0 Å². The van der Waals surface area contributed by atoms with Crippen LogP contribution in [0.2, 0.25) is 0 Å². The molecule has 0 saturated carbocycles. The largest absolute Gasteiger partial charge is 0.465 e. The molecule has 0 aliphatic heterocycles. The van der Waals surface area contributed by atoms with E-state index in [-0.39, 0.29) is 6.61 Å². The Bertz CT molecular complexity index is 431. The first-order valence-corrected chi connectivity index (χ1v) is 5.38. The Morgan fingerprint density at radius 3 is 2.67 bits per heavy atom. The summed E-state index contributed by atoms with van der Waals surface area (Å²) in [6.45, 7) is 1.95. The molecule has 0 aliphatic carbocycles. The third-order valence-electron chi connectivity index (χ3n) is 2.08. The molecule has 0 bridgehead atoms.